The molecule has 19 heavy (non-hydrogen) atoms. The van der Waals surface area contributed by atoms with E-state index in [9.17, 15) is 5.11 Å². The average Bonchev–Trinajstić information content (AvgIpc) is 2.39. The molecule has 1 atom stereocenters. The van der Waals surface area contributed by atoms with Gasteiger partial charge in [0.05, 0.1) is 6.10 Å². The van der Waals surface area contributed by atoms with Crippen molar-refractivity contribution in [3.05, 3.63) is 65.2 Å². The van der Waals surface area contributed by atoms with Crippen molar-refractivity contribution in [1.29, 1.82) is 0 Å². The van der Waals surface area contributed by atoms with Crippen molar-refractivity contribution in [3.63, 3.8) is 0 Å². The highest BCUT2D eigenvalue weighted by atomic mass is 32.2. The van der Waals surface area contributed by atoms with E-state index < -0.39 is 6.10 Å². The van der Waals surface area contributed by atoms with Crippen molar-refractivity contribution in [2.45, 2.75) is 18.8 Å². The zero-order valence-electron chi connectivity index (χ0n) is 11.0. The summed E-state index contributed by atoms with van der Waals surface area (Å²) in [6.07, 6.45) is -0.435. The first kappa shape index (κ1) is 14.0. The van der Waals surface area contributed by atoms with Crippen molar-refractivity contribution < 1.29 is 5.11 Å². The minimum Gasteiger partial charge on any atom is -0.399 e. The lowest BCUT2D eigenvalue weighted by Gasteiger charge is -2.11. The largest absolute Gasteiger partial charge is 0.399 e. The lowest BCUT2D eigenvalue weighted by molar-refractivity contribution is 0.204. The fourth-order valence-electron chi connectivity index (χ4n) is 1.90. The highest BCUT2D eigenvalue weighted by molar-refractivity contribution is 7.98. The third-order valence-electron chi connectivity index (χ3n) is 2.95. The molecular weight excluding hydrogens is 254 g/mol. The first-order chi connectivity index (χ1) is 9.15. The molecule has 0 bridgehead atoms. The number of benzene rings is 2. The van der Waals surface area contributed by atoms with Gasteiger partial charge >= 0.3 is 0 Å². The number of anilines is 1. The highest BCUT2D eigenvalue weighted by Gasteiger charge is 2.07. The maximum Gasteiger partial charge on any atom is 0.0880 e. The summed E-state index contributed by atoms with van der Waals surface area (Å²) in [5.41, 5.74) is 9.85. The fourth-order valence-corrected chi connectivity index (χ4v) is 2.85. The summed E-state index contributed by atoms with van der Waals surface area (Å²) in [5.74, 6) is 1.62. The molecule has 1 unspecified atom stereocenters. The predicted molar refractivity (Wildman–Crippen MR) is 83.2 cm³/mol. The fraction of sp³-hybridized carbons (Fsp3) is 0.250. The second kappa shape index (κ2) is 6.64. The Bertz CT molecular complexity index is 525. The van der Waals surface area contributed by atoms with Crippen LogP contribution in [0.5, 0.6) is 0 Å². The number of hydrogen-bond acceptors (Lipinski definition) is 3. The van der Waals surface area contributed by atoms with E-state index in [1.54, 1.807) is 11.8 Å². The van der Waals surface area contributed by atoms with Gasteiger partial charge in [0.15, 0.2) is 0 Å². The first-order valence-electron chi connectivity index (χ1n) is 6.32. The summed E-state index contributed by atoms with van der Waals surface area (Å²) >= 11 is 1.74. The predicted octanol–water partition coefficient (Wildman–Crippen LogP) is 3.54. The van der Waals surface area contributed by atoms with Crippen LogP contribution in [0.4, 0.5) is 5.69 Å². The Morgan fingerprint density at radius 1 is 1.16 bits per heavy atom. The number of rotatable bonds is 5. The molecule has 0 saturated carbocycles. The molecular formula is C16H19NOS. The second-order valence-corrected chi connectivity index (χ2v) is 5.72. The van der Waals surface area contributed by atoms with Crippen LogP contribution in [0, 0.1) is 6.92 Å². The zero-order chi connectivity index (χ0) is 13.7. The number of aliphatic hydroxyl groups excluding tert-OH is 1. The molecule has 0 aliphatic heterocycles. The maximum atomic E-state index is 10.1. The van der Waals surface area contributed by atoms with Gasteiger partial charge in [0.1, 0.15) is 0 Å². The van der Waals surface area contributed by atoms with Crippen LogP contribution in [0.2, 0.25) is 0 Å². The monoisotopic (exact) mass is 273 g/mol. The summed E-state index contributed by atoms with van der Waals surface area (Å²) in [7, 11) is 0. The number of hydrogen-bond donors (Lipinski definition) is 2. The maximum absolute atomic E-state index is 10.1. The van der Waals surface area contributed by atoms with Crippen LogP contribution >= 0.6 is 11.8 Å². The van der Waals surface area contributed by atoms with Gasteiger partial charge in [0, 0.05) is 17.2 Å². The second-order valence-electron chi connectivity index (χ2n) is 4.69. The van der Waals surface area contributed by atoms with Crippen molar-refractivity contribution in [3.8, 4) is 0 Å². The van der Waals surface area contributed by atoms with Crippen LogP contribution < -0.4 is 5.73 Å². The van der Waals surface area contributed by atoms with E-state index in [2.05, 4.69) is 31.2 Å². The van der Waals surface area contributed by atoms with Gasteiger partial charge in [-0.2, -0.15) is 11.8 Å². The number of aliphatic hydroxyl groups is 1. The Hall–Kier alpha value is -1.45. The van der Waals surface area contributed by atoms with Crippen LogP contribution in [-0.2, 0) is 5.75 Å². The van der Waals surface area contributed by atoms with E-state index in [0.717, 1.165) is 17.0 Å². The molecule has 0 spiro atoms. The molecule has 2 rings (SSSR count). The SMILES string of the molecule is Cc1cccc(CSCC(O)c2ccc(N)cc2)c1. The summed E-state index contributed by atoms with van der Waals surface area (Å²) in [6, 6.07) is 15.9. The van der Waals surface area contributed by atoms with Gasteiger partial charge < -0.3 is 10.8 Å². The Labute approximate surface area is 118 Å². The highest BCUT2D eigenvalue weighted by Crippen LogP contribution is 2.22. The summed E-state index contributed by atoms with van der Waals surface area (Å²) < 4.78 is 0. The molecule has 2 aromatic carbocycles. The van der Waals surface area contributed by atoms with E-state index in [4.69, 9.17) is 5.73 Å². The average molecular weight is 273 g/mol. The molecule has 0 heterocycles. The van der Waals surface area contributed by atoms with E-state index in [1.807, 2.05) is 24.3 Å². The van der Waals surface area contributed by atoms with Crippen LogP contribution in [0.15, 0.2) is 48.5 Å². The third-order valence-corrected chi connectivity index (χ3v) is 4.04. The van der Waals surface area contributed by atoms with Gasteiger partial charge in [-0.3, -0.25) is 0 Å². The summed E-state index contributed by atoms with van der Waals surface area (Å²) in [5, 5.41) is 10.1. The normalized spacial score (nSPS) is 12.3. The van der Waals surface area contributed by atoms with Gasteiger partial charge in [-0.05, 0) is 30.2 Å². The summed E-state index contributed by atoms with van der Waals surface area (Å²) in [6.45, 7) is 2.09. The lowest BCUT2D eigenvalue weighted by Crippen LogP contribution is -2.01. The molecule has 0 fully saturated rings. The lowest BCUT2D eigenvalue weighted by atomic mass is 10.1. The topological polar surface area (TPSA) is 46.2 Å². The smallest absolute Gasteiger partial charge is 0.0880 e. The van der Waals surface area contributed by atoms with Crippen molar-refractivity contribution >= 4 is 17.4 Å². The van der Waals surface area contributed by atoms with Crippen LogP contribution in [-0.4, -0.2) is 10.9 Å². The standard InChI is InChI=1S/C16H19NOS/c1-12-3-2-4-13(9-12)10-19-11-16(18)14-5-7-15(17)8-6-14/h2-9,16,18H,10-11,17H2,1H3. The minimum atomic E-state index is -0.435. The van der Waals surface area contributed by atoms with E-state index >= 15 is 0 Å². The molecule has 2 nitrogen and oxygen atoms in total. The van der Waals surface area contributed by atoms with Gasteiger partial charge in [-0.25, -0.2) is 0 Å². The van der Waals surface area contributed by atoms with Crippen LogP contribution in [0.25, 0.3) is 0 Å². The number of nitrogens with two attached hydrogens (primary N) is 1. The zero-order valence-corrected chi connectivity index (χ0v) is 11.9. The number of thioether (sulfide) groups is 1. The molecule has 3 N–H and O–H groups in total. The van der Waals surface area contributed by atoms with Crippen molar-refractivity contribution in [2.75, 3.05) is 11.5 Å². The van der Waals surface area contributed by atoms with Gasteiger partial charge in [0.2, 0.25) is 0 Å². The molecule has 0 saturated heterocycles. The van der Waals surface area contributed by atoms with E-state index in [0.29, 0.717) is 5.75 Å². The molecule has 0 aliphatic carbocycles. The van der Waals surface area contributed by atoms with E-state index in [1.165, 1.54) is 11.1 Å². The Balaban J connectivity index is 1.84. The third kappa shape index (κ3) is 4.30. The van der Waals surface area contributed by atoms with Crippen LogP contribution in [0.1, 0.15) is 22.8 Å². The molecule has 2 aromatic rings. The quantitative estimate of drug-likeness (QED) is 0.819. The van der Waals surface area contributed by atoms with Crippen molar-refractivity contribution in [1.82, 2.24) is 0 Å². The molecule has 0 radical (unpaired) electrons. The minimum absolute atomic E-state index is 0.435. The van der Waals surface area contributed by atoms with Gasteiger partial charge in [-0.15, -0.1) is 0 Å². The summed E-state index contributed by atoms with van der Waals surface area (Å²) in [4.78, 5) is 0. The molecule has 0 amide bonds. The van der Waals surface area contributed by atoms with Crippen LogP contribution in [0.3, 0.4) is 0 Å². The first-order valence-corrected chi connectivity index (χ1v) is 7.47. The van der Waals surface area contributed by atoms with Crippen molar-refractivity contribution in [2.24, 2.45) is 0 Å². The van der Waals surface area contributed by atoms with E-state index in [-0.39, 0.29) is 0 Å². The van der Waals surface area contributed by atoms with Gasteiger partial charge in [0.25, 0.3) is 0 Å². The Morgan fingerprint density at radius 3 is 2.58 bits per heavy atom. The molecule has 3 heteroatoms. The molecule has 0 aromatic heterocycles. The number of nitrogen functional groups attached to an aromatic ring is 1. The Morgan fingerprint density at radius 2 is 1.89 bits per heavy atom. The van der Waals surface area contributed by atoms with Gasteiger partial charge in [-0.1, -0.05) is 42.0 Å². The molecule has 100 valence electrons. The molecule has 0 aliphatic rings. The Kier molecular flexibility index (Phi) is 4.88. The number of aryl methyl sites for hydroxylation is 1.